The second-order valence-corrected chi connectivity index (χ2v) is 2.88. The Balaban J connectivity index is 2.80. The number of rotatable bonds is 2. The summed E-state index contributed by atoms with van der Waals surface area (Å²) in [5.74, 6) is -0.731. The van der Waals surface area contributed by atoms with Crippen LogP contribution >= 0.6 is 0 Å². The fourth-order valence-corrected chi connectivity index (χ4v) is 1.03. The number of benzene rings is 1. The zero-order valence-corrected chi connectivity index (χ0v) is 8.06. The predicted octanol–water partition coefficient (Wildman–Crippen LogP) is 1.29. The smallest absolute Gasteiger partial charge is 0.288 e. The van der Waals surface area contributed by atoms with Gasteiger partial charge in [0.15, 0.2) is 0 Å². The number of hydrogen-bond donors (Lipinski definition) is 2. The Morgan fingerprint density at radius 1 is 1.60 bits per heavy atom. The van der Waals surface area contributed by atoms with Crippen LogP contribution in [0.4, 0.5) is 5.69 Å². The highest BCUT2D eigenvalue weighted by Crippen LogP contribution is 2.09. The number of nitrogens with one attached hydrogen (secondary N) is 1. The summed E-state index contributed by atoms with van der Waals surface area (Å²) in [6.45, 7) is 1.88. The van der Waals surface area contributed by atoms with Gasteiger partial charge >= 0.3 is 0 Å². The van der Waals surface area contributed by atoms with Gasteiger partial charge < -0.3 is 10.5 Å². The topological polar surface area (TPSA) is 85.5 Å². The number of carbonyl (C=O) groups is 1. The van der Waals surface area contributed by atoms with Crippen molar-refractivity contribution in [2.24, 2.45) is 5.16 Å². The Morgan fingerprint density at radius 3 is 2.87 bits per heavy atom. The van der Waals surface area contributed by atoms with Gasteiger partial charge in [-0.2, -0.15) is 5.26 Å². The van der Waals surface area contributed by atoms with Gasteiger partial charge in [-0.05, 0) is 24.6 Å². The molecule has 0 spiro atoms. The second kappa shape index (κ2) is 4.77. The normalized spacial score (nSPS) is 10.5. The molecule has 0 saturated carbocycles. The maximum atomic E-state index is 11.3. The molecule has 0 aromatic heterocycles. The van der Waals surface area contributed by atoms with Crippen LogP contribution in [0.25, 0.3) is 0 Å². The number of nitriles is 1. The molecule has 0 heterocycles. The number of aryl methyl sites for hydroxylation is 1. The molecule has 0 aliphatic rings. The molecule has 2 N–H and O–H groups in total. The molecule has 5 nitrogen and oxygen atoms in total. The van der Waals surface area contributed by atoms with E-state index in [4.69, 9.17) is 10.5 Å². The van der Waals surface area contributed by atoms with Crippen LogP contribution in [-0.2, 0) is 4.79 Å². The Kier molecular flexibility index (Phi) is 3.41. The Labute approximate surface area is 86.6 Å². The highest BCUT2D eigenvalue weighted by molar-refractivity contribution is 6.48. The van der Waals surface area contributed by atoms with Crippen LogP contribution in [0, 0.1) is 18.3 Å². The third-order valence-corrected chi connectivity index (χ3v) is 1.70. The predicted molar refractivity (Wildman–Crippen MR) is 54.6 cm³/mol. The minimum absolute atomic E-state index is 0.552. The van der Waals surface area contributed by atoms with Crippen molar-refractivity contribution in [3.8, 4) is 6.07 Å². The minimum atomic E-state index is -0.731. The summed E-state index contributed by atoms with van der Waals surface area (Å²) in [7, 11) is 0. The second-order valence-electron chi connectivity index (χ2n) is 2.88. The van der Waals surface area contributed by atoms with Crippen molar-refractivity contribution in [2.75, 3.05) is 5.32 Å². The lowest BCUT2D eigenvalue weighted by Gasteiger charge is -2.03. The van der Waals surface area contributed by atoms with E-state index < -0.39 is 11.6 Å². The van der Waals surface area contributed by atoms with Crippen LogP contribution in [0.1, 0.15) is 5.56 Å². The Bertz CT molecular complexity index is 446. The van der Waals surface area contributed by atoms with E-state index in [1.54, 1.807) is 18.2 Å². The number of anilines is 1. The van der Waals surface area contributed by atoms with Gasteiger partial charge in [0.25, 0.3) is 5.91 Å². The van der Waals surface area contributed by atoms with Gasteiger partial charge in [0, 0.05) is 5.69 Å². The molecule has 15 heavy (non-hydrogen) atoms. The number of oxime groups is 1. The highest BCUT2D eigenvalue weighted by Gasteiger charge is 2.11. The van der Waals surface area contributed by atoms with Gasteiger partial charge in [-0.25, -0.2) is 0 Å². The van der Waals surface area contributed by atoms with Crippen molar-refractivity contribution in [2.45, 2.75) is 6.92 Å². The van der Waals surface area contributed by atoms with Crippen LogP contribution in [0.3, 0.4) is 0 Å². The first-order valence-corrected chi connectivity index (χ1v) is 4.17. The summed E-state index contributed by atoms with van der Waals surface area (Å²) < 4.78 is 0. The summed E-state index contributed by atoms with van der Waals surface area (Å²) in [5.41, 5.74) is 0.958. The van der Waals surface area contributed by atoms with Gasteiger partial charge in [-0.15, -0.1) is 0 Å². The van der Waals surface area contributed by atoms with Gasteiger partial charge in [-0.1, -0.05) is 17.3 Å². The lowest BCUT2D eigenvalue weighted by molar-refractivity contribution is -0.110. The maximum Gasteiger partial charge on any atom is 0.288 e. The number of nitrogens with zero attached hydrogens (tertiary/aromatic N) is 2. The fourth-order valence-electron chi connectivity index (χ4n) is 1.03. The monoisotopic (exact) mass is 203 g/mol. The third kappa shape index (κ3) is 2.81. The van der Waals surface area contributed by atoms with E-state index in [2.05, 4.69) is 10.5 Å². The highest BCUT2D eigenvalue weighted by atomic mass is 16.4. The lowest BCUT2D eigenvalue weighted by Crippen LogP contribution is -2.21. The summed E-state index contributed by atoms with van der Waals surface area (Å²) >= 11 is 0. The van der Waals surface area contributed by atoms with Crippen molar-refractivity contribution in [3.05, 3.63) is 29.8 Å². The quantitative estimate of drug-likeness (QED) is 0.431. The summed E-state index contributed by atoms with van der Waals surface area (Å²) in [6, 6.07) is 8.54. The third-order valence-electron chi connectivity index (χ3n) is 1.70. The van der Waals surface area contributed by atoms with Crippen molar-refractivity contribution >= 4 is 17.3 Å². The first-order valence-electron chi connectivity index (χ1n) is 4.17. The van der Waals surface area contributed by atoms with Crippen molar-refractivity contribution in [1.29, 1.82) is 5.26 Å². The fraction of sp³-hybridized carbons (Fsp3) is 0.100. The van der Waals surface area contributed by atoms with E-state index in [9.17, 15) is 4.79 Å². The molecule has 1 aromatic rings. The van der Waals surface area contributed by atoms with E-state index in [1.165, 1.54) is 6.07 Å². The van der Waals surface area contributed by atoms with Gasteiger partial charge in [0.1, 0.15) is 6.07 Å². The molecule has 5 heteroatoms. The molecule has 0 unspecified atom stereocenters. The van der Waals surface area contributed by atoms with Crippen LogP contribution in [0.2, 0.25) is 0 Å². The molecule has 1 aromatic carbocycles. The van der Waals surface area contributed by atoms with E-state index in [0.717, 1.165) is 5.56 Å². The zero-order chi connectivity index (χ0) is 11.3. The molecule has 0 atom stereocenters. The first-order chi connectivity index (χ1) is 7.17. The van der Waals surface area contributed by atoms with Crippen molar-refractivity contribution < 1.29 is 10.0 Å². The van der Waals surface area contributed by atoms with E-state index in [0.29, 0.717) is 5.69 Å². The van der Waals surface area contributed by atoms with Gasteiger partial charge in [0.2, 0.25) is 5.71 Å². The Morgan fingerprint density at radius 2 is 2.33 bits per heavy atom. The number of hydrogen-bond acceptors (Lipinski definition) is 4. The summed E-state index contributed by atoms with van der Waals surface area (Å²) in [6.07, 6.45) is 0. The van der Waals surface area contributed by atoms with Crippen LogP contribution < -0.4 is 5.32 Å². The average Bonchev–Trinajstić information content (AvgIpc) is 2.19. The molecular formula is C10H9N3O2. The lowest BCUT2D eigenvalue weighted by atomic mass is 10.2. The zero-order valence-electron chi connectivity index (χ0n) is 8.06. The largest absolute Gasteiger partial charge is 0.410 e. The van der Waals surface area contributed by atoms with Gasteiger partial charge in [0.05, 0.1) is 0 Å². The van der Waals surface area contributed by atoms with E-state index in [1.807, 2.05) is 13.0 Å². The van der Waals surface area contributed by atoms with E-state index >= 15 is 0 Å². The molecule has 0 aliphatic carbocycles. The van der Waals surface area contributed by atoms with Crippen LogP contribution in [-0.4, -0.2) is 16.8 Å². The summed E-state index contributed by atoms with van der Waals surface area (Å²) in [5, 5.41) is 21.8. The van der Waals surface area contributed by atoms with Crippen molar-refractivity contribution in [3.63, 3.8) is 0 Å². The molecule has 1 rings (SSSR count). The standard InChI is InChI=1S/C10H9N3O2/c1-7-3-2-4-8(5-7)12-10(14)9(6-11)13-15/h2-5,15H,1H3,(H,12,14)/b13-9-. The summed E-state index contributed by atoms with van der Waals surface area (Å²) in [4.78, 5) is 11.3. The van der Waals surface area contributed by atoms with E-state index in [-0.39, 0.29) is 0 Å². The van der Waals surface area contributed by atoms with Crippen LogP contribution in [0.15, 0.2) is 29.4 Å². The molecule has 0 radical (unpaired) electrons. The number of amides is 1. The molecule has 76 valence electrons. The molecule has 1 amide bonds. The first kappa shape index (κ1) is 10.7. The van der Waals surface area contributed by atoms with Crippen molar-refractivity contribution in [1.82, 2.24) is 0 Å². The number of carbonyl (C=O) groups excluding carboxylic acids is 1. The molecule has 0 saturated heterocycles. The molecule has 0 bridgehead atoms. The molecule has 0 aliphatic heterocycles. The average molecular weight is 203 g/mol. The van der Waals surface area contributed by atoms with Crippen LogP contribution in [0.5, 0.6) is 0 Å². The molecular weight excluding hydrogens is 194 g/mol. The minimum Gasteiger partial charge on any atom is -0.410 e. The SMILES string of the molecule is Cc1cccc(NC(=O)/C(C#N)=N\O)c1. The van der Waals surface area contributed by atoms with Gasteiger partial charge in [-0.3, -0.25) is 4.79 Å². The Hall–Kier alpha value is -2.35. The molecule has 0 fully saturated rings. The maximum absolute atomic E-state index is 11.3.